The molecule has 0 unspecified atom stereocenters. The smallest absolute Gasteiger partial charge is 0.351 e. The van der Waals surface area contributed by atoms with E-state index >= 15 is 0 Å². The van der Waals surface area contributed by atoms with E-state index in [1.54, 1.807) is 13.0 Å². The second-order valence-corrected chi connectivity index (χ2v) is 2.66. The maximum absolute atomic E-state index is 10.4. The molecule has 1 heterocycles. The SMILES string of the molecule is C/C(=N/Nc1cc(C)ncn1)C(=O)O. The zero-order valence-corrected chi connectivity index (χ0v) is 7.85. The van der Waals surface area contributed by atoms with Gasteiger partial charge in [-0.15, -0.1) is 0 Å². The summed E-state index contributed by atoms with van der Waals surface area (Å²) in [6, 6.07) is 1.67. The van der Waals surface area contributed by atoms with Crippen LogP contribution in [0.2, 0.25) is 0 Å². The fraction of sp³-hybridized carbons (Fsp3) is 0.250. The lowest BCUT2D eigenvalue weighted by molar-refractivity contribution is -0.129. The summed E-state index contributed by atoms with van der Waals surface area (Å²) < 4.78 is 0. The first kappa shape index (κ1) is 10.1. The van der Waals surface area contributed by atoms with Crippen LogP contribution in [0.1, 0.15) is 12.6 Å². The third kappa shape index (κ3) is 2.81. The van der Waals surface area contributed by atoms with Crippen LogP contribution in [0.15, 0.2) is 17.5 Å². The predicted octanol–water partition coefficient (Wildman–Crippen LogP) is 0.657. The summed E-state index contributed by atoms with van der Waals surface area (Å²) in [5, 5.41) is 12.1. The van der Waals surface area contributed by atoms with Crippen molar-refractivity contribution in [2.45, 2.75) is 13.8 Å². The Kier molecular flexibility index (Phi) is 3.11. The Morgan fingerprint density at radius 3 is 2.86 bits per heavy atom. The van der Waals surface area contributed by atoms with Crippen molar-refractivity contribution in [3.8, 4) is 0 Å². The molecule has 0 aliphatic carbocycles. The summed E-state index contributed by atoms with van der Waals surface area (Å²) in [7, 11) is 0. The van der Waals surface area contributed by atoms with Gasteiger partial charge in [0, 0.05) is 11.8 Å². The van der Waals surface area contributed by atoms with Gasteiger partial charge in [-0.05, 0) is 13.8 Å². The second-order valence-electron chi connectivity index (χ2n) is 2.66. The van der Waals surface area contributed by atoms with E-state index in [4.69, 9.17) is 5.11 Å². The minimum absolute atomic E-state index is 0.0266. The van der Waals surface area contributed by atoms with Crippen LogP contribution in [0, 0.1) is 6.92 Å². The number of aromatic nitrogens is 2. The highest BCUT2D eigenvalue weighted by Crippen LogP contribution is 2.01. The molecular weight excluding hydrogens is 184 g/mol. The molecule has 0 aliphatic heterocycles. The molecule has 1 aromatic rings. The van der Waals surface area contributed by atoms with Gasteiger partial charge in [-0.2, -0.15) is 5.10 Å². The molecule has 0 saturated heterocycles. The predicted molar refractivity (Wildman–Crippen MR) is 51.1 cm³/mol. The summed E-state index contributed by atoms with van der Waals surface area (Å²) in [5.74, 6) is -0.596. The van der Waals surface area contributed by atoms with Gasteiger partial charge < -0.3 is 5.11 Å². The standard InChI is InChI=1S/C8H10N4O2/c1-5-3-7(10-4-9-5)12-11-6(2)8(13)14/h3-4H,1-2H3,(H,13,14)(H,9,10,12)/b11-6-. The summed E-state index contributed by atoms with van der Waals surface area (Å²) in [6.45, 7) is 3.20. The van der Waals surface area contributed by atoms with E-state index in [0.29, 0.717) is 5.82 Å². The topological polar surface area (TPSA) is 87.5 Å². The molecule has 0 aliphatic rings. The molecule has 1 rings (SSSR count). The Hall–Kier alpha value is -1.98. The first-order chi connectivity index (χ1) is 6.59. The van der Waals surface area contributed by atoms with Crippen molar-refractivity contribution in [1.29, 1.82) is 0 Å². The molecular formula is C8H10N4O2. The molecule has 0 fully saturated rings. The average Bonchev–Trinajstić information content (AvgIpc) is 2.14. The molecule has 14 heavy (non-hydrogen) atoms. The molecule has 2 N–H and O–H groups in total. The van der Waals surface area contributed by atoms with Crippen LogP contribution in [-0.4, -0.2) is 26.8 Å². The molecule has 1 aromatic heterocycles. The van der Waals surface area contributed by atoms with Gasteiger partial charge in [0.05, 0.1) is 0 Å². The maximum Gasteiger partial charge on any atom is 0.351 e. The van der Waals surface area contributed by atoms with E-state index in [1.165, 1.54) is 13.3 Å². The Morgan fingerprint density at radius 2 is 2.29 bits per heavy atom. The number of hydrogen-bond donors (Lipinski definition) is 2. The van der Waals surface area contributed by atoms with Crippen LogP contribution >= 0.6 is 0 Å². The molecule has 6 heteroatoms. The number of carbonyl (C=O) groups is 1. The molecule has 0 spiro atoms. The lowest BCUT2D eigenvalue weighted by atomic mass is 10.4. The Balaban J connectivity index is 2.71. The molecule has 74 valence electrons. The van der Waals surface area contributed by atoms with Crippen molar-refractivity contribution in [3.63, 3.8) is 0 Å². The third-order valence-corrected chi connectivity index (χ3v) is 1.45. The summed E-state index contributed by atoms with van der Waals surface area (Å²) >= 11 is 0. The zero-order chi connectivity index (χ0) is 10.6. The minimum atomic E-state index is -1.07. The van der Waals surface area contributed by atoms with Gasteiger partial charge in [0.2, 0.25) is 0 Å². The number of carboxylic acid groups (broad SMARTS) is 1. The summed E-state index contributed by atoms with van der Waals surface area (Å²) in [6.07, 6.45) is 1.38. The van der Waals surface area contributed by atoms with Crippen molar-refractivity contribution in [2.24, 2.45) is 5.10 Å². The van der Waals surface area contributed by atoms with Crippen LogP contribution < -0.4 is 5.43 Å². The number of carboxylic acids is 1. The number of aliphatic carboxylic acids is 1. The minimum Gasteiger partial charge on any atom is -0.477 e. The molecule has 0 bridgehead atoms. The Labute approximate surface area is 80.7 Å². The van der Waals surface area contributed by atoms with Crippen LogP contribution in [0.3, 0.4) is 0 Å². The number of nitrogens with zero attached hydrogens (tertiary/aromatic N) is 3. The number of aryl methyl sites for hydroxylation is 1. The van der Waals surface area contributed by atoms with Gasteiger partial charge in [-0.3, -0.25) is 5.43 Å². The van der Waals surface area contributed by atoms with E-state index in [-0.39, 0.29) is 5.71 Å². The monoisotopic (exact) mass is 194 g/mol. The van der Waals surface area contributed by atoms with Crippen LogP contribution in [0.25, 0.3) is 0 Å². The molecule has 0 atom stereocenters. The van der Waals surface area contributed by atoms with Crippen LogP contribution in [0.5, 0.6) is 0 Å². The van der Waals surface area contributed by atoms with Crippen molar-refractivity contribution >= 4 is 17.5 Å². The second kappa shape index (κ2) is 4.31. The first-order valence-corrected chi connectivity index (χ1v) is 3.92. The van der Waals surface area contributed by atoms with Gasteiger partial charge in [0.1, 0.15) is 17.9 Å². The molecule has 0 aromatic carbocycles. The number of anilines is 1. The number of nitrogens with one attached hydrogen (secondary N) is 1. The van der Waals surface area contributed by atoms with E-state index in [2.05, 4.69) is 20.5 Å². The van der Waals surface area contributed by atoms with Crippen LogP contribution in [-0.2, 0) is 4.79 Å². The Bertz CT molecular complexity index is 375. The van der Waals surface area contributed by atoms with Crippen LogP contribution in [0.4, 0.5) is 5.82 Å². The van der Waals surface area contributed by atoms with Crippen molar-refractivity contribution in [3.05, 3.63) is 18.1 Å². The summed E-state index contributed by atoms with van der Waals surface area (Å²) in [5.41, 5.74) is 3.28. The third-order valence-electron chi connectivity index (χ3n) is 1.45. The Morgan fingerprint density at radius 1 is 1.57 bits per heavy atom. The highest BCUT2D eigenvalue weighted by molar-refractivity contribution is 6.34. The van der Waals surface area contributed by atoms with Gasteiger partial charge in [0.15, 0.2) is 0 Å². The fourth-order valence-corrected chi connectivity index (χ4v) is 0.705. The normalized spacial score (nSPS) is 11.1. The van der Waals surface area contributed by atoms with E-state index < -0.39 is 5.97 Å². The molecule has 0 saturated carbocycles. The van der Waals surface area contributed by atoms with Gasteiger partial charge in [0.25, 0.3) is 0 Å². The van der Waals surface area contributed by atoms with E-state index in [9.17, 15) is 4.79 Å². The van der Waals surface area contributed by atoms with Crippen molar-refractivity contribution in [1.82, 2.24) is 9.97 Å². The quantitative estimate of drug-likeness (QED) is 0.545. The lowest BCUT2D eigenvalue weighted by Gasteiger charge is -1.99. The number of hydrazone groups is 1. The molecule has 0 amide bonds. The lowest BCUT2D eigenvalue weighted by Crippen LogP contribution is -2.10. The van der Waals surface area contributed by atoms with E-state index in [1.807, 2.05) is 0 Å². The van der Waals surface area contributed by atoms with Crippen molar-refractivity contribution < 1.29 is 9.90 Å². The fourth-order valence-electron chi connectivity index (χ4n) is 0.705. The highest BCUT2D eigenvalue weighted by atomic mass is 16.4. The largest absolute Gasteiger partial charge is 0.477 e. The summed E-state index contributed by atoms with van der Waals surface area (Å²) in [4.78, 5) is 18.1. The molecule has 0 radical (unpaired) electrons. The maximum atomic E-state index is 10.4. The average molecular weight is 194 g/mol. The number of rotatable bonds is 3. The zero-order valence-electron chi connectivity index (χ0n) is 7.85. The van der Waals surface area contributed by atoms with E-state index in [0.717, 1.165) is 5.69 Å². The van der Waals surface area contributed by atoms with Crippen molar-refractivity contribution in [2.75, 3.05) is 5.43 Å². The molecule has 6 nitrogen and oxygen atoms in total. The highest BCUT2D eigenvalue weighted by Gasteiger charge is 2.01. The van der Waals surface area contributed by atoms with Gasteiger partial charge in [-0.25, -0.2) is 14.8 Å². The first-order valence-electron chi connectivity index (χ1n) is 3.92. The number of hydrogen-bond acceptors (Lipinski definition) is 5. The van der Waals surface area contributed by atoms with Gasteiger partial charge >= 0.3 is 5.97 Å². The van der Waals surface area contributed by atoms with Gasteiger partial charge in [-0.1, -0.05) is 0 Å².